The topological polar surface area (TPSA) is 62.6 Å². The second-order valence-electron chi connectivity index (χ2n) is 7.23. The Bertz CT molecular complexity index is 603. The summed E-state index contributed by atoms with van der Waals surface area (Å²) in [6, 6.07) is 0. The number of carbonyl (C=O) groups excluding carboxylic acids is 1. The zero-order chi connectivity index (χ0) is 16.3. The quantitative estimate of drug-likeness (QED) is 0.619. The van der Waals surface area contributed by atoms with E-state index in [1.807, 2.05) is 40.8 Å². The molecule has 0 spiro atoms. The largest absolute Gasteiger partial charge is 0.498 e. The summed E-state index contributed by atoms with van der Waals surface area (Å²) in [5.74, 6) is -0.240. The van der Waals surface area contributed by atoms with Crippen molar-refractivity contribution in [2.45, 2.75) is 64.2 Å². The molecule has 0 aromatic carbocycles. The first-order valence-corrected chi connectivity index (χ1v) is 7.64. The number of ether oxygens (including phenoxy) is 1. The molecule has 0 amide bonds. The summed E-state index contributed by atoms with van der Waals surface area (Å²) in [4.78, 5) is 12.0. The fourth-order valence-electron chi connectivity index (χ4n) is 2.73. The highest BCUT2D eigenvalue weighted by Crippen LogP contribution is 2.44. The molecule has 6 nitrogen and oxygen atoms in total. The van der Waals surface area contributed by atoms with Crippen molar-refractivity contribution in [1.29, 1.82) is 0 Å². The molecule has 0 bridgehead atoms. The van der Waals surface area contributed by atoms with Crippen LogP contribution in [-0.4, -0.2) is 41.2 Å². The van der Waals surface area contributed by atoms with Gasteiger partial charge in [-0.1, -0.05) is 0 Å². The fourth-order valence-corrected chi connectivity index (χ4v) is 2.73. The van der Waals surface area contributed by atoms with Gasteiger partial charge in [0, 0.05) is 11.7 Å². The van der Waals surface area contributed by atoms with Crippen LogP contribution < -0.4 is 5.46 Å². The average Bonchev–Trinajstić information content (AvgIpc) is 3.08. The normalized spacial score (nSPS) is 24.4. The van der Waals surface area contributed by atoms with Crippen LogP contribution in [0.1, 0.15) is 46.2 Å². The maximum absolute atomic E-state index is 12.0. The molecule has 2 heterocycles. The minimum Gasteiger partial charge on any atom is -0.467 e. The Kier molecular flexibility index (Phi) is 3.24. The van der Waals surface area contributed by atoms with Crippen molar-refractivity contribution in [2.75, 3.05) is 7.11 Å². The van der Waals surface area contributed by atoms with Crippen molar-refractivity contribution < 1.29 is 18.8 Å². The van der Waals surface area contributed by atoms with Gasteiger partial charge in [0.05, 0.1) is 24.0 Å². The summed E-state index contributed by atoms with van der Waals surface area (Å²) < 4.78 is 18.8. The molecule has 7 heteroatoms. The fraction of sp³-hybridized carbons (Fsp3) is 0.733. The predicted molar refractivity (Wildman–Crippen MR) is 81.9 cm³/mol. The Balaban J connectivity index is 1.91. The molecule has 1 saturated carbocycles. The summed E-state index contributed by atoms with van der Waals surface area (Å²) >= 11 is 0. The number of nitrogens with zero attached hydrogens (tertiary/aromatic N) is 2. The molecule has 1 saturated heterocycles. The minimum absolute atomic E-state index is 0.240. The first-order valence-electron chi connectivity index (χ1n) is 7.64. The molecule has 0 atom stereocenters. The van der Waals surface area contributed by atoms with Gasteiger partial charge in [0.2, 0.25) is 0 Å². The minimum atomic E-state index is -0.638. The van der Waals surface area contributed by atoms with Gasteiger partial charge in [-0.15, -0.1) is 0 Å². The molecule has 120 valence electrons. The van der Waals surface area contributed by atoms with E-state index in [4.69, 9.17) is 14.0 Å². The lowest BCUT2D eigenvalue weighted by Crippen LogP contribution is -2.41. The molecule has 3 rings (SSSR count). The van der Waals surface area contributed by atoms with Gasteiger partial charge in [-0.3, -0.25) is 4.68 Å². The maximum atomic E-state index is 12.0. The van der Waals surface area contributed by atoms with Crippen molar-refractivity contribution in [3.8, 4) is 0 Å². The zero-order valence-electron chi connectivity index (χ0n) is 14.1. The third-order valence-electron chi connectivity index (χ3n) is 5.17. The van der Waals surface area contributed by atoms with E-state index < -0.39 is 23.9 Å². The van der Waals surface area contributed by atoms with Gasteiger partial charge < -0.3 is 14.0 Å². The molecular formula is C15H23BN2O4. The molecule has 1 aliphatic heterocycles. The van der Waals surface area contributed by atoms with Crippen LogP contribution in [0, 0.1) is 6.92 Å². The highest BCUT2D eigenvalue weighted by molar-refractivity contribution is 6.62. The molecule has 1 aromatic rings. The predicted octanol–water partition coefficient (Wildman–Crippen LogP) is 1.15. The Labute approximate surface area is 131 Å². The smallest absolute Gasteiger partial charge is 0.467 e. The number of aromatic nitrogens is 2. The first-order chi connectivity index (χ1) is 10.1. The number of hydrogen-bond acceptors (Lipinski definition) is 5. The van der Waals surface area contributed by atoms with Crippen LogP contribution in [0.25, 0.3) is 0 Å². The van der Waals surface area contributed by atoms with Crippen molar-refractivity contribution in [3.63, 3.8) is 0 Å². The lowest BCUT2D eigenvalue weighted by atomic mass is 9.79. The Morgan fingerprint density at radius 2 is 1.82 bits per heavy atom. The van der Waals surface area contributed by atoms with E-state index >= 15 is 0 Å². The van der Waals surface area contributed by atoms with E-state index in [9.17, 15) is 4.79 Å². The molecule has 0 unspecified atom stereocenters. The second kappa shape index (κ2) is 4.58. The summed E-state index contributed by atoms with van der Waals surface area (Å²) in [6.07, 6.45) is 3.37. The second-order valence-corrected chi connectivity index (χ2v) is 7.23. The number of hydrogen-bond donors (Lipinski definition) is 0. The average molecular weight is 306 g/mol. The number of methoxy groups -OCH3 is 1. The maximum Gasteiger partial charge on any atom is 0.498 e. The number of aryl methyl sites for hydroxylation is 1. The third-order valence-corrected chi connectivity index (χ3v) is 5.17. The van der Waals surface area contributed by atoms with E-state index in [0.717, 1.165) is 24.0 Å². The molecule has 0 N–H and O–H groups in total. The van der Waals surface area contributed by atoms with Gasteiger partial charge in [-0.25, -0.2) is 4.79 Å². The van der Waals surface area contributed by atoms with Crippen LogP contribution in [-0.2, 0) is 24.4 Å². The van der Waals surface area contributed by atoms with Gasteiger partial charge in [0.25, 0.3) is 0 Å². The summed E-state index contributed by atoms with van der Waals surface area (Å²) in [5.41, 5.74) is 0.251. The van der Waals surface area contributed by atoms with E-state index in [1.54, 1.807) is 4.68 Å². The lowest BCUT2D eigenvalue weighted by molar-refractivity contribution is -0.146. The van der Waals surface area contributed by atoms with Gasteiger partial charge in [0.15, 0.2) is 5.54 Å². The highest BCUT2D eigenvalue weighted by Gasteiger charge is 2.56. The third kappa shape index (κ3) is 2.10. The van der Waals surface area contributed by atoms with Gasteiger partial charge in [0.1, 0.15) is 0 Å². The van der Waals surface area contributed by atoms with Gasteiger partial charge in [-0.2, -0.15) is 5.10 Å². The molecular weight excluding hydrogens is 283 g/mol. The van der Waals surface area contributed by atoms with Crippen LogP contribution in [0.3, 0.4) is 0 Å². The first kappa shape index (κ1) is 15.6. The van der Waals surface area contributed by atoms with Crippen molar-refractivity contribution >= 4 is 18.6 Å². The lowest BCUT2D eigenvalue weighted by Gasteiger charge is -2.32. The van der Waals surface area contributed by atoms with Gasteiger partial charge in [-0.05, 0) is 47.5 Å². The molecule has 2 aliphatic rings. The van der Waals surface area contributed by atoms with Crippen LogP contribution in [0.5, 0.6) is 0 Å². The number of carbonyl (C=O) groups is 1. The Morgan fingerprint density at radius 1 is 1.27 bits per heavy atom. The molecule has 22 heavy (non-hydrogen) atoms. The van der Waals surface area contributed by atoms with E-state index in [-0.39, 0.29) is 5.97 Å². The summed E-state index contributed by atoms with van der Waals surface area (Å²) in [6.45, 7) is 9.98. The summed E-state index contributed by atoms with van der Waals surface area (Å²) in [7, 11) is 0.945. The van der Waals surface area contributed by atoms with Crippen LogP contribution in [0.15, 0.2) is 6.20 Å². The van der Waals surface area contributed by atoms with Crippen molar-refractivity contribution in [2.24, 2.45) is 0 Å². The monoisotopic (exact) mass is 306 g/mol. The van der Waals surface area contributed by atoms with Gasteiger partial charge >= 0.3 is 13.1 Å². The standard InChI is InChI=1S/C15H23BN2O4/c1-10-11(16-21-13(2,3)14(4,5)22-16)9-18(17-10)15(7-8-15)12(19)20-6/h9H,7-8H2,1-6H3. The SMILES string of the molecule is COC(=O)C1(n2cc(B3OC(C)(C)C(C)(C)O3)c(C)n2)CC1. The molecule has 1 aromatic heterocycles. The number of esters is 1. The zero-order valence-corrected chi connectivity index (χ0v) is 14.1. The number of rotatable bonds is 3. The molecule has 1 aliphatic carbocycles. The van der Waals surface area contributed by atoms with Crippen molar-refractivity contribution in [1.82, 2.24) is 9.78 Å². The Morgan fingerprint density at radius 3 is 2.27 bits per heavy atom. The summed E-state index contributed by atoms with van der Waals surface area (Å²) in [5, 5.41) is 4.51. The van der Waals surface area contributed by atoms with Crippen molar-refractivity contribution in [3.05, 3.63) is 11.9 Å². The van der Waals surface area contributed by atoms with Crippen LogP contribution >= 0.6 is 0 Å². The highest BCUT2D eigenvalue weighted by atomic mass is 16.7. The van der Waals surface area contributed by atoms with E-state index in [1.165, 1.54) is 7.11 Å². The van der Waals surface area contributed by atoms with Crippen LogP contribution in [0.2, 0.25) is 0 Å². The van der Waals surface area contributed by atoms with Crippen LogP contribution in [0.4, 0.5) is 0 Å². The Hall–Kier alpha value is -1.34. The molecule has 2 fully saturated rings. The van der Waals surface area contributed by atoms with E-state index in [0.29, 0.717) is 0 Å². The van der Waals surface area contributed by atoms with E-state index in [2.05, 4.69) is 5.10 Å². The molecule has 0 radical (unpaired) electrons.